The van der Waals surface area contributed by atoms with Crippen molar-refractivity contribution in [3.05, 3.63) is 0 Å². The van der Waals surface area contributed by atoms with Gasteiger partial charge >= 0.3 is 0 Å². The van der Waals surface area contributed by atoms with E-state index in [-0.39, 0.29) is 5.22 Å². The van der Waals surface area contributed by atoms with E-state index < -0.39 is 25.4 Å². The minimum Gasteiger partial charge on any atom is -0.415 e. The molecular formula is C12H30O2Si3. The van der Waals surface area contributed by atoms with E-state index in [1.807, 2.05) is 0 Å². The zero-order valence-electron chi connectivity index (χ0n) is 12.9. The quantitative estimate of drug-likeness (QED) is 0.697. The van der Waals surface area contributed by atoms with Gasteiger partial charge in [0.2, 0.25) is 8.32 Å². The van der Waals surface area contributed by atoms with Crippen LogP contribution >= 0.6 is 0 Å². The van der Waals surface area contributed by atoms with Gasteiger partial charge in [-0.3, -0.25) is 0 Å². The average Bonchev–Trinajstić information content (AvgIpc) is 2.74. The molecule has 1 aliphatic heterocycles. The molecule has 0 bridgehead atoms. The van der Waals surface area contributed by atoms with Crippen LogP contribution in [0.4, 0.5) is 0 Å². The van der Waals surface area contributed by atoms with Crippen LogP contribution in [-0.4, -0.2) is 36.4 Å². The smallest absolute Gasteiger partial charge is 0.221 e. The third-order valence-electron chi connectivity index (χ3n) is 3.91. The lowest BCUT2D eigenvalue weighted by atomic mass is 10.5. The van der Waals surface area contributed by atoms with E-state index >= 15 is 0 Å². The molecule has 0 aromatic rings. The normalized spacial score (nSPS) is 29.8. The van der Waals surface area contributed by atoms with Crippen molar-refractivity contribution in [3.8, 4) is 0 Å². The maximum atomic E-state index is 6.60. The average molecular weight is 291 g/mol. The van der Waals surface area contributed by atoms with Gasteiger partial charge in [-0.2, -0.15) is 0 Å². The lowest BCUT2D eigenvalue weighted by molar-refractivity contribution is 0.175. The summed E-state index contributed by atoms with van der Waals surface area (Å²) in [6.45, 7) is 18.5. The Kier molecular flexibility index (Phi) is 4.52. The highest BCUT2D eigenvalue weighted by Crippen LogP contribution is 2.46. The van der Waals surface area contributed by atoms with Gasteiger partial charge in [-0.25, -0.2) is 0 Å². The third kappa shape index (κ3) is 4.02. The number of hydrogen-bond donors (Lipinski definition) is 0. The summed E-state index contributed by atoms with van der Waals surface area (Å²) in [5.74, 6) is 0. The molecule has 0 radical (unpaired) electrons. The van der Waals surface area contributed by atoms with E-state index in [1.54, 1.807) is 0 Å². The second-order valence-corrected chi connectivity index (χ2v) is 19.5. The SMILES string of the molecule is CC[Si]1(OC(C)(C)[SiH](C)C)CC1O[Si](C)(C)C. The summed E-state index contributed by atoms with van der Waals surface area (Å²) in [6, 6.07) is 2.45. The molecule has 5 heteroatoms. The van der Waals surface area contributed by atoms with Gasteiger partial charge in [-0.1, -0.05) is 20.0 Å². The largest absolute Gasteiger partial charge is 0.415 e. The maximum absolute atomic E-state index is 6.60. The van der Waals surface area contributed by atoms with Crippen molar-refractivity contribution in [2.24, 2.45) is 0 Å². The Labute approximate surface area is 111 Å². The first-order chi connectivity index (χ1) is 7.52. The molecule has 0 N–H and O–H groups in total. The molecule has 2 atom stereocenters. The van der Waals surface area contributed by atoms with Crippen LogP contribution in [0.5, 0.6) is 0 Å². The van der Waals surface area contributed by atoms with E-state index in [4.69, 9.17) is 8.85 Å². The fourth-order valence-electron chi connectivity index (χ4n) is 2.02. The summed E-state index contributed by atoms with van der Waals surface area (Å²) < 4.78 is 12.9. The van der Waals surface area contributed by atoms with Crippen molar-refractivity contribution in [3.63, 3.8) is 0 Å². The summed E-state index contributed by atoms with van der Waals surface area (Å²) in [5, 5.41) is 0.139. The van der Waals surface area contributed by atoms with Crippen LogP contribution in [-0.2, 0) is 8.85 Å². The van der Waals surface area contributed by atoms with Gasteiger partial charge in [-0.15, -0.1) is 0 Å². The van der Waals surface area contributed by atoms with E-state index in [0.717, 1.165) is 0 Å². The Hall–Kier alpha value is 0.571. The van der Waals surface area contributed by atoms with E-state index in [9.17, 15) is 0 Å². The molecule has 1 heterocycles. The van der Waals surface area contributed by atoms with Crippen LogP contribution in [0, 0.1) is 0 Å². The van der Waals surface area contributed by atoms with Crippen LogP contribution in [0.1, 0.15) is 20.8 Å². The van der Waals surface area contributed by atoms with Crippen molar-refractivity contribution in [2.75, 3.05) is 0 Å². The zero-order valence-corrected chi connectivity index (χ0v) is 16.0. The first kappa shape index (κ1) is 15.6. The summed E-state index contributed by atoms with van der Waals surface area (Å²) in [7, 11) is -3.68. The van der Waals surface area contributed by atoms with Crippen LogP contribution < -0.4 is 0 Å². The molecule has 1 saturated heterocycles. The Morgan fingerprint density at radius 3 is 2.18 bits per heavy atom. The zero-order chi connectivity index (χ0) is 13.5. The molecule has 17 heavy (non-hydrogen) atoms. The standard InChI is InChI=1S/C12H30O2Si3/c1-9-17(14-12(2,3)15(4)5)10-11(17)13-16(6,7)8/h11,15H,9-10H2,1-8H3. The van der Waals surface area contributed by atoms with E-state index in [2.05, 4.69) is 53.5 Å². The second kappa shape index (κ2) is 4.92. The van der Waals surface area contributed by atoms with Crippen molar-refractivity contribution in [1.29, 1.82) is 0 Å². The van der Waals surface area contributed by atoms with Gasteiger partial charge in [0.1, 0.15) is 0 Å². The van der Waals surface area contributed by atoms with Gasteiger partial charge in [-0.05, 0) is 45.6 Å². The molecule has 0 aliphatic carbocycles. The highest BCUT2D eigenvalue weighted by Gasteiger charge is 2.61. The first-order valence-electron chi connectivity index (χ1n) is 6.90. The molecule has 0 amide bonds. The lowest BCUT2D eigenvalue weighted by Gasteiger charge is -2.34. The number of hydrogen-bond acceptors (Lipinski definition) is 2. The van der Waals surface area contributed by atoms with Crippen molar-refractivity contribution in [1.82, 2.24) is 0 Å². The maximum Gasteiger partial charge on any atom is 0.221 e. The van der Waals surface area contributed by atoms with Gasteiger partial charge in [0.05, 0.1) is 14.5 Å². The van der Waals surface area contributed by atoms with Crippen molar-refractivity contribution in [2.45, 2.75) is 76.5 Å². The van der Waals surface area contributed by atoms with Crippen LogP contribution in [0.15, 0.2) is 0 Å². The fourth-order valence-corrected chi connectivity index (χ4v) is 10.1. The van der Waals surface area contributed by atoms with Crippen LogP contribution in [0.2, 0.25) is 44.8 Å². The predicted octanol–water partition coefficient (Wildman–Crippen LogP) is 3.55. The first-order valence-corrected chi connectivity index (χ1v) is 15.6. The summed E-state index contributed by atoms with van der Waals surface area (Å²) >= 11 is 0. The molecule has 2 unspecified atom stereocenters. The lowest BCUT2D eigenvalue weighted by Crippen LogP contribution is -2.47. The molecule has 0 spiro atoms. The second-order valence-electron chi connectivity index (χ2n) is 7.20. The minimum atomic E-state index is -1.52. The highest BCUT2D eigenvalue weighted by molar-refractivity contribution is 6.87. The fraction of sp³-hybridized carbons (Fsp3) is 1.00. The van der Waals surface area contributed by atoms with Crippen LogP contribution in [0.3, 0.4) is 0 Å². The molecule has 102 valence electrons. The third-order valence-corrected chi connectivity index (χ3v) is 12.4. The molecule has 0 saturated carbocycles. The monoisotopic (exact) mass is 290 g/mol. The van der Waals surface area contributed by atoms with Crippen LogP contribution in [0.25, 0.3) is 0 Å². The van der Waals surface area contributed by atoms with E-state index in [0.29, 0.717) is 5.73 Å². The number of rotatable bonds is 6. The molecule has 1 rings (SSSR count). The molecule has 0 aromatic carbocycles. The molecule has 1 aliphatic rings. The molecule has 0 aromatic heterocycles. The van der Waals surface area contributed by atoms with Gasteiger partial charge in [0.25, 0.3) is 0 Å². The highest BCUT2D eigenvalue weighted by atomic mass is 28.4. The molecular weight excluding hydrogens is 260 g/mol. The topological polar surface area (TPSA) is 18.5 Å². The minimum absolute atomic E-state index is 0.139. The summed E-state index contributed by atoms with van der Waals surface area (Å²) in [5.41, 5.74) is 0.492. The summed E-state index contributed by atoms with van der Waals surface area (Å²) in [6.07, 6.45) is 0. The Morgan fingerprint density at radius 2 is 1.82 bits per heavy atom. The van der Waals surface area contributed by atoms with Gasteiger partial charge in [0.15, 0.2) is 8.32 Å². The Balaban J connectivity index is 2.63. The molecule has 2 nitrogen and oxygen atoms in total. The molecule has 1 fully saturated rings. The van der Waals surface area contributed by atoms with E-state index in [1.165, 1.54) is 12.1 Å². The summed E-state index contributed by atoms with van der Waals surface area (Å²) in [4.78, 5) is 0. The Bertz CT molecular complexity index is 273. The van der Waals surface area contributed by atoms with Gasteiger partial charge in [0, 0.05) is 5.22 Å². The van der Waals surface area contributed by atoms with Crippen molar-refractivity contribution >= 4 is 25.4 Å². The van der Waals surface area contributed by atoms with Crippen molar-refractivity contribution < 1.29 is 8.85 Å². The Morgan fingerprint density at radius 1 is 1.29 bits per heavy atom. The van der Waals surface area contributed by atoms with Gasteiger partial charge < -0.3 is 8.85 Å². The predicted molar refractivity (Wildman–Crippen MR) is 83.3 cm³/mol.